The molecule has 2 atom stereocenters. The van der Waals surface area contributed by atoms with Crippen molar-refractivity contribution in [2.24, 2.45) is 0 Å². The highest BCUT2D eigenvalue weighted by molar-refractivity contribution is 5.72. The highest BCUT2D eigenvalue weighted by Crippen LogP contribution is 2.16. The molecule has 0 radical (unpaired) electrons. The van der Waals surface area contributed by atoms with Crippen molar-refractivity contribution in [3.05, 3.63) is 36.5 Å². The second-order valence-electron chi connectivity index (χ2n) is 16.7. The zero-order valence-corrected chi connectivity index (χ0v) is 37.1. The van der Waals surface area contributed by atoms with Gasteiger partial charge in [-0.1, -0.05) is 185 Å². The van der Waals surface area contributed by atoms with Gasteiger partial charge in [-0.05, 0) is 32.1 Å². The second kappa shape index (κ2) is 39.4. The Labute approximate surface area is 344 Å². The number of carbonyl (C=O) groups is 3. The van der Waals surface area contributed by atoms with Crippen LogP contribution < -0.4 is 0 Å². The minimum atomic E-state index is -0.877. The Morgan fingerprint density at radius 2 is 1.00 bits per heavy atom. The van der Waals surface area contributed by atoms with Crippen molar-refractivity contribution >= 4 is 17.9 Å². The minimum absolute atomic E-state index is 0.0569. The molecule has 0 fully saturated rings. The topological polar surface area (TPSA) is 99.1 Å². The summed E-state index contributed by atoms with van der Waals surface area (Å²) >= 11 is 0. The first-order chi connectivity index (χ1) is 27.1. The van der Waals surface area contributed by atoms with Crippen LogP contribution in [-0.2, 0) is 28.6 Å². The second-order valence-corrected chi connectivity index (χ2v) is 16.7. The third-order valence-electron chi connectivity index (χ3n) is 10.4. The van der Waals surface area contributed by atoms with Crippen LogP contribution >= 0.6 is 0 Å². The zero-order valence-electron chi connectivity index (χ0n) is 37.1. The van der Waals surface area contributed by atoms with Gasteiger partial charge in [-0.25, -0.2) is 4.79 Å². The Balaban J connectivity index is 4.28. The molecule has 326 valence electrons. The molecule has 56 heavy (non-hydrogen) atoms. The predicted octanol–water partition coefficient (Wildman–Crippen LogP) is 12.6. The Morgan fingerprint density at radius 1 is 0.554 bits per heavy atom. The molecular formula is C48H88NO7+. The van der Waals surface area contributed by atoms with E-state index in [4.69, 9.17) is 14.2 Å². The van der Waals surface area contributed by atoms with Gasteiger partial charge >= 0.3 is 17.9 Å². The number of aliphatic carboxylic acids is 1. The van der Waals surface area contributed by atoms with Crippen LogP contribution in [0.15, 0.2) is 36.5 Å². The molecular weight excluding hydrogens is 703 g/mol. The molecule has 0 saturated carbocycles. The number of carboxylic acid groups (broad SMARTS) is 1. The van der Waals surface area contributed by atoms with E-state index in [1.807, 2.05) is 27.2 Å². The SMILES string of the molecule is CC/C=C/C=C/C=C/CCCCCCCC(=O)OCC(COCCC(C(=O)O)[N+](C)(C)C)OC(=O)CCCCCCCCCCCCCCCCCCCCC. The van der Waals surface area contributed by atoms with E-state index < -0.39 is 18.1 Å². The minimum Gasteiger partial charge on any atom is -0.477 e. The van der Waals surface area contributed by atoms with Crippen LogP contribution in [0, 0.1) is 0 Å². The molecule has 1 N–H and O–H groups in total. The van der Waals surface area contributed by atoms with E-state index in [0.29, 0.717) is 19.3 Å². The highest BCUT2D eigenvalue weighted by Gasteiger charge is 2.31. The van der Waals surface area contributed by atoms with E-state index >= 15 is 0 Å². The van der Waals surface area contributed by atoms with Gasteiger partial charge in [-0.2, -0.15) is 0 Å². The standard InChI is InChI=1S/C48H87NO7/c1-6-8-10-12-14-16-18-20-21-22-23-24-25-27-29-31-33-35-37-39-47(51)56-44(42-54-41-40-45(48(52)53)49(3,4)5)43-55-46(50)38-36-34-32-30-28-26-19-17-15-13-11-9-7-2/h9,11,13,15,17,19,44-45H,6-8,10,12,14,16,18,20-43H2,1-5H3/p+1/b11-9+,15-13+,19-17+. The molecule has 0 aliphatic rings. The summed E-state index contributed by atoms with van der Waals surface area (Å²) in [7, 11) is 5.52. The lowest BCUT2D eigenvalue weighted by atomic mass is 10.0. The first-order valence-corrected chi connectivity index (χ1v) is 23.1. The first kappa shape index (κ1) is 53.6. The van der Waals surface area contributed by atoms with E-state index in [1.54, 1.807) is 0 Å². The summed E-state index contributed by atoms with van der Waals surface area (Å²) in [5.41, 5.74) is 0. The summed E-state index contributed by atoms with van der Waals surface area (Å²) in [5.74, 6) is -1.49. The smallest absolute Gasteiger partial charge is 0.362 e. The lowest BCUT2D eigenvalue weighted by Crippen LogP contribution is -2.50. The number of carboxylic acids is 1. The average molecular weight is 791 g/mol. The number of likely N-dealkylation sites (N-methyl/N-ethyl adjacent to an activating group) is 1. The molecule has 0 spiro atoms. The van der Waals surface area contributed by atoms with Gasteiger partial charge in [0.2, 0.25) is 0 Å². The number of carbonyl (C=O) groups excluding carboxylic acids is 2. The Bertz CT molecular complexity index is 1020. The maximum absolute atomic E-state index is 12.7. The summed E-state index contributed by atoms with van der Waals surface area (Å²) in [6.45, 7) is 4.60. The van der Waals surface area contributed by atoms with E-state index in [0.717, 1.165) is 64.2 Å². The number of esters is 2. The molecule has 0 bridgehead atoms. The fourth-order valence-electron chi connectivity index (χ4n) is 6.80. The summed E-state index contributed by atoms with van der Waals surface area (Å²) in [6.07, 6.45) is 44.8. The van der Waals surface area contributed by atoms with Crippen molar-refractivity contribution in [1.29, 1.82) is 0 Å². The van der Waals surface area contributed by atoms with Gasteiger partial charge in [0.05, 0.1) is 34.4 Å². The molecule has 2 unspecified atom stereocenters. The molecule has 0 rings (SSSR count). The van der Waals surface area contributed by atoms with Crippen molar-refractivity contribution in [3.8, 4) is 0 Å². The molecule has 0 aromatic rings. The predicted molar refractivity (Wildman–Crippen MR) is 234 cm³/mol. The van der Waals surface area contributed by atoms with Crippen LogP contribution in [0.3, 0.4) is 0 Å². The van der Waals surface area contributed by atoms with E-state index in [1.165, 1.54) is 103 Å². The highest BCUT2D eigenvalue weighted by atomic mass is 16.6. The summed E-state index contributed by atoms with van der Waals surface area (Å²) in [6, 6.07) is -0.616. The maximum Gasteiger partial charge on any atom is 0.362 e. The van der Waals surface area contributed by atoms with E-state index in [2.05, 4.69) is 44.2 Å². The number of rotatable bonds is 41. The van der Waals surface area contributed by atoms with Crippen LogP contribution in [-0.4, -0.2) is 80.6 Å². The Kier molecular flexibility index (Phi) is 37.7. The molecule has 0 aliphatic carbocycles. The van der Waals surface area contributed by atoms with Gasteiger partial charge in [0.1, 0.15) is 6.61 Å². The first-order valence-electron chi connectivity index (χ1n) is 23.1. The average Bonchev–Trinajstić information content (AvgIpc) is 3.15. The number of quaternary nitrogens is 1. The molecule has 0 saturated heterocycles. The third-order valence-corrected chi connectivity index (χ3v) is 10.4. The lowest BCUT2D eigenvalue weighted by Gasteiger charge is -2.31. The van der Waals surface area contributed by atoms with E-state index in [-0.39, 0.29) is 36.2 Å². The molecule has 8 heteroatoms. The third kappa shape index (κ3) is 37.1. The largest absolute Gasteiger partial charge is 0.477 e. The number of allylic oxidation sites excluding steroid dienone is 6. The number of hydrogen-bond donors (Lipinski definition) is 1. The maximum atomic E-state index is 12.7. The molecule has 0 aromatic heterocycles. The quantitative estimate of drug-likeness (QED) is 0.0285. The van der Waals surface area contributed by atoms with Crippen molar-refractivity contribution in [3.63, 3.8) is 0 Å². The van der Waals surface area contributed by atoms with Crippen LogP contribution in [0.1, 0.15) is 200 Å². The van der Waals surface area contributed by atoms with Crippen molar-refractivity contribution in [1.82, 2.24) is 0 Å². The molecule has 0 aliphatic heterocycles. The molecule has 0 amide bonds. The molecule has 8 nitrogen and oxygen atoms in total. The number of ether oxygens (including phenoxy) is 3. The van der Waals surface area contributed by atoms with Gasteiger partial charge in [-0.3, -0.25) is 9.59 Å². The normalized spacial score (nSPS) is 13.2. The van der Waals surface area contributed by atoms with E-state index in [9.17, 15) is 19.5 Å². The van der Waals surface area contributed by atoms with Crippen molar-refractivity contribution < 1.29 is 38.2 Å². The summed E-state index contributed by atoms with van der Waals surface area (Å²) in [4.78, 5) is 37.0. The van der Waals surface area contributed by atoms with Gasteiger partial charge < -0.3 is 23.8 Å². The van der Waals surface area contributed by atoms with Crippen molar-refractivity contribution in [2.45, 2.75) is 212 Å². The molecule has 0 heterocycles. The van der Waals surface area contributed by atoms with Gasteiger partial charge in [-0.15, -0.1) is 0 Å². The van der Waals surface area contributed by atoms with Crippen LogP contribution in [0.4, 0.5) is 0 Å². The monoisotopic (exact) mass is 791 g/mol. The zero-order chi connectivity index (χ0) is 41.4. The van der Waals surface area contributed by atoms with Gasteiger partial charge in [0.25, 0.3) is 0 Å². The van der Waals surface area contributed by atoms with Crippen LogP contribution in [0.2, 0.25) is 0 Å². The van der Waals surface area contributed by atoms with Crippen LogP contribution in [0.25, 0.3) is 0 Å². The summed E-state index contributed by atoms with van der Waals surface area (Å²) in [5, 5.41) is 9.62. The number of hydrogen-bond acceptors (Lipinski definition) is 6. The Morgan fingerprint density at radius 3 is 1.46 bits per heavy atom. The number of unbranched alkanes of at least 4 members (excludes halogenated alkanes) is 23. The van der Waals surface area contributed by atoms with Crippen LogP contribution in [0.5, 0.6) is 0 Å². The fraction of sp³-hybridized carbons (Fsp3) is 0.812. The Hall–Kier alpha value is -2.45. The molecule has 0 aromatic carbocycles. The van der Waals surface area contributed by atoms with Gasteiger partial charge in [0.15, 0.2) is 12.1 Å². The van der Waals surface area contributed by atoms with Crippen molar-refractivity contribution in [2.75, 3.05) is 41.0 Å². The van der Waals surface area contributed by atoms with Gasteiger partial charge in [0, 0.05) is 19.3 Å². The fourth-order valence-corrected chi connectivity index (χ4v) is 6.80. The summed E-state index contributed by atoms with van der Waals surface area (Å²) < 4.78 is 17.3. The lowest BCUT2D eigenvalue weighted by molar-refractivity contribution is -0.887. The number of nitrogens with zero attached hydrogens (tertiary/aromatic N) is 1.